The minimum atomic E-state index is -0.644. The van der Waals surface area contributed by atoms with Crippen molar-refractivity contribution in [1.82, 2.24) is 10.2 Å². The summed E-state index contributed by atoms with van der Waals surface area (Å²) in [7, 11) is 0. The molecular weight excluding hydrogens is 320 g/mol. The molecule has 2 rings (SSSR count). The fourth-order valence-electron chi connectivity index (χ4n) is 2.45. The first-order chi connectivity index (χ1) is 12.0. The van der Waals surface area contributed by atoms with E-state index in [0.29, 0.717) is 18.7 Å². The molecule has 0 aromatic heterocycles. The Morgan fingerprint density at radius 2 is 1.68 bits per heavy atom. The fraction of sp³-hybridized carbons (Fsp3) is 0.316. The van der Waals surface area contributed by atoms with E-state index < -0.39 is 5.97 Å². The lowest BCUT2D eigenvalue weighted by atomic mass is 10.1. The van der Waals surface area contributed by atoms with Crippen molar-refractivity contribution in [2.75, 3.05) is 26.2 Å². The smallest absolute Gasteiger partial charge is 0.325 e. The van der Waals surface area contributed by atoms with Gasteiger partial charge in [0.2, 0.25) is 0 Å². The summed E-state index contributed by atoms with van der Waals surface area (Å²) in [4.78, 5) is 37.2. The van der Waals surface area contributed by atoms with Crippen LogP contribution in [0.3, 0.4) is 0 Å². The third-order valence-corrected chi connectivity index (χ3v) is 3.88. The second kappa shape index (κ2) is 8.82. The van der Waals surface area contributed by atoms with E-state index in [1.807, 2.05) is 44.2 Å². The number of carbonyl (C=O) groups excluding carboxylic acids is 3. The Morgan fingerprint density at radius 3 is 2.36 bits per heavy atom. The van der Waals surface area contributed by atoms with Gasteiger partial charge >= 0.3 is 5.97 Å². The molecule has 6 heteroatoms. The normalized spacial score (nSPS) is 10.3. The lowest BCUT2D eigenvalue weighted by Crippen LogP contribution is -2.36. The topological polar surface area (TPSA) is 75.7 Å². The monoisotopic (exact) mass is 342 g/mol. The number of amides is 2. The molecule has 0 heterocycles. The molecule has 0 aliphatic carbocycles. The predicted octanol–water partition coefficient (Wildman–Crippen LogP) is 1.98. The number of carbonyl (C=O) groups is 3. The highest BCUT2D eigenvalue weighted by molar-refractivity contribution is 5.99. The SMILES string of the molecule is CCN(CC)C(=O)COC(=O)CNC(=O)c1ccc2ccccc2c1. The Morgan fingerprint density at radius 1 is 1.00 bits per heavy atom. The Balaban J connectivity index is 1.84. The molecule has 2 aromatic rings. The number of likely N-dealkylation sites (N-methyl/N-ethyl adjacent to an activating group) is 1. The number of nitrogens with zero attached hydrogens (tertiary/aromatic N) is 1. The number of hydrogen-bond donors (Lipinski definition) is 1. The third kappa shape index (κ3) is 5.04. The van der Waals surface area contributed by atoms with Crippen LogP contribution in [0.4, 0.5) is 0 Å². The summed E-state index contributed by atoms with van der Waals surface area (Å²) in [6.45, 7) is 4.24. The molecule has 0 saturated heterocycles. The van der Waals surface area contributed by atoms with Crippen LogP contribution < -0.4 is 5.32 Å². The molecular formula is C19H22N2O4. The van der Waals surface area contributed by atoms with Crippen molar-refractivity contribution < 1.29 is 19.1 Å². The fourth-order valence-corrected chi connectivity index (χ4v) is 2.45. The minimum absolute atomic E-state index is 0.251. The maximum atomic E-state index is 12.1. The zero-order chi connectivity index (χ0) is 18.2. The van der Waals surface area contributed by atoms with Crippen molar-refractivity contribution in [3.05, 3.63) is 48.0 Å². The van der Waals surface area contributed by atoms with E-state index in [9.17, 15) is 14.4 Å². The summed E-state index contributed by atoms with van der Waals surface area (Å²) in [6, 6.07) is 13.0. The first-order valence-corrected chi connectivity index (χ1v) is 8.25. The van der Waals surface area contributed by atoms with Crippen LogP contribution in [0.2, 0.25) is 0 Å². The molecule has 2 amide bonds. The number of benzene rings is 2. The van der Waals surface area contributed by atoms with Crippen molar-refractivity contribution in [2.24, 2.45) is 0 Å². The summed E-state index contributed by atoms with van der Waals surface area (Å²) in [5.74, 6) is -1.26. The zero-order valence-electron chi connectivity index (χ0n) is 14.5. The lowest BCUT2D eigenvalue weighted by molar-refractivity contribution is -0.151. The number of esters is 1. The molecule has 25 heavy (non-hydrogen) atoms. The first kappa shape index (κ1) is 18.4. The highest BCUT2D eigenvalue weighted by atomic mass is 16.5. The summed E-state index contributed by atoms with van der Waals surface area (Å²) in [5, 5.41) is 4.49. The van der Waals surface area contributed by atoms with Gasteiger partial charge in [-0.3, -0.25) is 14.4 Å². The van der Waals surface area contributed by atoms with E-state index in [-0.39, 0.29) is 25.0 Å². The standard InChI is InChI=1S/C19H22N2O4/c1-3-21(4-2)17(22)13-25-18(23)12-20-19(24)16-10-9-14-7-5-6-8-15(14)11-16/h5-11H,3-4,12-13H2,1-2H3,(H,20,24). The van der Waals surface area contributed by atoms with Gasteiger partial charge in [-0.05, 0) is 36.8 Å². The number of rotatable bonds is 7. The van der Waals surface area contributed by atoms with E-state index in [1.54, 1.807) is 17.0 Å². The van der Waals surface area contributed by atoms with Crippen LogP contribution in [0.5, 0.6) is 0 Å². The summed E-state index contributed by atoms with van der Waals surface area (Å²) in [6.07, 6.45) is 0. The first-order valence-electron chi connectivity index (χ1n) is 8.25. The number of nitrogens with one attached hydrogen (secondary N) is 1. The zero-order valence-corrected chi connectivity index (χ0v) is 14.5. The summed E-state index contributed by atoms with van der Waals surface area (Å²) < 4.78 is 4.90. The molecule has 0 spiro atoms. The van der Waals surface area contributed by atoms with Gasteiger partial charge in [0, 0.05) is 18.7 Å². The van der Waals surface area contributed by atoms with Gasteiger partial charge in [0.25, 0.3) is 11.8 Å². The van der Waals surface area contributed by atoms with Gasteiger partial charge < -0.3 is 15.0 Å². The van der Waals surface area contributed by atoms with Crippen LogP contribution in [-0.2, 0) is 14.3 Å². The van der Waals surface area contributed by atoms with Gasteiger partial charge in [-0.1, -0.05) is 30.3 Å². The second-order valence-electron chi connectivity index (χ2n) is 5.47. The quantitative estimate of drug-likeness (QED) is 0.781. The van der Waals surface area contributed by atoms with Crippen molar-refractivity contribution in [3.8, 4) is 0 Å². The Labute approximate surface area is 146 Å². The van der Waals surface area contributed by atoms with Crippen molar-refractivity contribution in [3.63, 3.8) is 0 Å². The van der Waals surface area contributed by atoms with E-state index in [2.05, 4.69) is 5.32 Å². The van der Waals surface area contributed by atoms with Gasteiger partial charge in [-0.2, -0.15) is 0 Å². The third-order valence-electron chi connectivity index (χ3n) is 3.88. The van der Waals surface area contributed by atoms with E-state index >= 15 is 0 Å². The van der Waals surface area contributed by atoms with Crippen molar-refractivity contribution >= 4 is 28.6 Å². The molecule has 0 atom stereocenters. The van der Waals surface area contributed by atoms with Crippen LogP contribution in [0, 0.1) is 0 Å². The molecule has 6 nitrogen and oxygen atoms in total. The van der Waals surface area contributed by atoms with E-state index in [1.165, 1.54) is 0 Å². The maximum Gasteiger partial charge on any atom is 0.325 e. The Bertz CT molecular complexity index is 769. The minimum Gasteiger partial charge on any atom is -0.454 e. The van der Waals surface area contributed by atoms with Crippen LogP contribution in [0.25, 0.3) is 10.8 Å². The number of ether oxygens (including phenoxy) is 1. The average molecular weight is 342 g/mol. The van der Waals surface area contributed by atoms with Gasteiger partial charge in [0.05, 0.1) is 0 Å². The van der Waals surface area contributed by atoms with Crippen molar-refractivity contribution in [1.29, 1.82) is 0 Å². The highest BCUT2D eigenvalue weighted by Gasteiger charge is 2.14. The summed E-state index contributed by atoms with van der Waals surface area (Å²) in [5.41, 5.74) is 0.464. The van der Waals surface area contributed by atoms with E-state index in [0.717, 1.165) is 10.8 Å². The lowest BCUT2D eigenvalue weighted by Gasteiger charge is -2.18. The molecule has 0 bridgehead atoms. The second-order valence-corrected chi connectivity index (χ2v) is 5.47. The molecule has 0 fully saturated rings. The molecule has 132 valence electrons. The van der Waals surface area contributed by atoms with Crippen LogP contribution >= 0.6 is 0 Å². The van der Waals surface area contributed by atoms with Crippen LogP contribution in [-0.4, -0.2) is 48.9 Å². The van der Waals surface area contributed by atoms with Gasteiger partial charge in [0.1, 0.15) is 6.54 Å². The molecule has 0 aliphatic rings. The Hall–Kier alpha value is -2.89. The average Bonchev–Trinajstić information content (AvgIpc) is 2.65. The van der Waals surface area contributed by atoms with Gasteiger partial charge in [-0.15, -0.1) is 0 Å². The maximum absolute atomic E-state index is 12.1. The van der Waals surface area contributed by atoms with E-state index in [4.69, 9.17) is 4.74 Å². The molecule has 0 unspecified atom stereocenters. The Kier molecular flexibility index (Phi) is 6.51. The van der Waals surface area contributed by atoms with Gasteiger partial charge in [0.15, 0.2) is 6.61 Å². The van der Waals surface area contributed by atoms with Crippen LogP contribution in [0.15, 0.2) is 42.5 Å². The molecule has 2 aromatic carbocycles. The summed E-state index contributed by atoms with van der Waals surface area (Å²) >= 11 is 0. The van der Waals surface area contributed by atoms with Gasteiger partial charge in [-0.25, -0.2) is 0 Å². The highest BCUT2D eigenvalue weighted by Crippen LogP contribution is 2.15. The molecule has 0 radical (unpaired) electrons. The molecule has 1 N–H and O–H groups in total. The predicted molar refractivity (Wildman–Crippen MR) is 95.2 cm³/mol. The number of fused-ring (bicyclic) bond motifs is 1. The number of hydrogen-bond acceptors (Lipinski definition) is 4. The molecule has 0 saturated carbocycles. The largest absolute Gasteiger partial charge is 0.454 e. The van der Waals surface area contributed by atoms with Crippen LogP contribution in [0.1, 0.15) is 24.2 Å². The van der Waals surface area contributed by atoms with Crippen molar-refractivity contribution in [2.45, 2.75) is 13.8 Å². The molecule has 0 aliphatic heterocycles.